The van der Waals surface area contributed by atoms with Gasteiger partial charge in [0.1, 0.15) is 12.4 Å². The first-order valence-electron chi connectivity index (χ1n) is 8.57. The molecule has 1 atom stereocenters. The van der Waals surface area contributed by atoms with E-state index >= 15 is 0 Å². The van der Waals surface area contributed by atoms with E-state index in [9.17, 15) is 13.2 Å². The molecule has 0 aromatic carbocycles. The Morgan fingerprint density at radius 2 is 2.00 bits per heavy atom. The van der Waals surface area contributed by atoms with Crippen molar-refractivity contribution in [3.05, 3.63) is 11.6 Å². The van der Waals surface area contributed by atoms with E-state index in [1.165, 1.54) is 17.7 Å². The monoisotopic (exact) mass is 371 g/mol. The summed E-state index contributed by atoms with van der Waals surface area (Å²) in [5.41, 5.74) is 0. The summed E-state index contributed by atoms with van der Waals surface area (Å²) in [4.78, 5) is 14.2. The van der Waals surface area contributed by atoms with Gasteiger partial charge >= 0.3 is 0 Å². The summed E-state index contributed by atoms with van der Waals surface area (Å²) >= 11 is 0. The first-order valence-corrected chi connectivity index (χ1v) is 10.4. The molecule has 2 aliphatic heterocycles. The normalized spacial score (nSPS) is 22.5. The number of hydrogen-bond acceptors (Lipinski definition) is 6. The average Bonchev–Trinajstić information content (AvgIpc) is 2.84. The van der Waals surface area contributed by atoms with Crippen LogP contribution in [0.15, 0.2) is 0 Å². The third kappa shape index (κ3) is 3.85. The lowest BCUT2D eigenvalue weighted by molar-refractivity contribution is -0.139. The highest BCUT2D eigenvalue weighted by molar-refractivity contribution is 7.88. The van der Waals surface area contributed by atoms with Crippen LogP contribution in [-0.4, -0.2) is 77.9 Å². The van der Waals surface area contributed by atoms with E-state index in [4.69, 9.17) is 4.74 Å². The number of likely N-dealkylation sites (tertiary alicyclic amines) is 1. The summed E-state index contributed by atoms with van der Waals surface area (Å²) in [6.45, 7) is 2.06. The van der Waals surface area contributed by atoms with Gasteiger partial charge in [0.2, 0.25) is 15.9 Å². The predicted molar refractivity (Wildman–Crippen MR) is 90.3 cm³/mol. The van der Waals surface area contributed by atoms with E-state index in [1.807, 2.05) is 9.47 Å². The van der Waals surface area contributed by atoms with Gasteiger partial charge < -0.3 is 14.2 Å². The topological polar surface area (TPSA) is 97.6 Å². The minimum Gasteiger partial charge on any atom is -0.375 e. The highest BCUT2D eigenvalue weighted by atomic mass is 32.2. The van der Waals surface area contributed by atoms with Crippen molar-refractivity contribution in [2.24, 2.45) is 0 Å². The summed E-state index contributed by atoms with van der Waals surface area (Å²) in [7, 11) is -1.71. The molecule has 0 saturated carbocycles. The number of methoxy groups -OCH3 is 1. The van der Waals surface area contributed by atoms with E-state index in [-0.39, 0.29) is 18.6 Å². The van der Waals surface area contributed by atoms with Crippen LogP contribution in [0.4, 0.5) is 0 Å². The molecule has 1 amide bonds. The minimum atomic E-state index is -3.22. The molecule has 0 spiro atoms. The van der Waals surface area contributed by atoms with Gasteiger partial charge in [0, 0.05) is 39.7 Å². The largest absolute Gasteiger partial charge is 0.375 e. The highest BCUT2D eigenvalue weighted by Gasteiger charge is 2.33. The van der Waals surface area contributed by atoms with Crippen molar-refractivity contribution in [2.45, 2.75) is 38.3 Å². The van der Waals surface area contributed by atoms with Crippen molar-refractivity contribution in [3.63, 3.8) is 0 Å². The number of ether oxygens (including phenoxy) is 1. The van der Waals surface area contributed by atoms with Gasteiger partial charge in [0.05, 0.1) is 12.3 Å². The smallest absolute Gasteiger partial charge is 0.249 e. The molecule has 3 heterocycles. The zero-order valence-electron chi connectivity index (χ0n) is 14.7. The van der Waals surface area contributed by atoms with Gasteiger partial charge in [0.15, 0.2) is 5.82 Å². The van der Waals surface area contributed by atoms with Crippen LogP contribution in [-0.2, 0) is 32.5 Å². The second kappa shape index (κ2) is 7.38. The number of aromatic nitrogens is 3. The fourth-order valence-corrected chi connectivity index (χ4v) is 4.45. The summed E-state index contributed by atoms with van der Waals surface area (Å²) in [6, 6.07) is -0.123. The summed E-state index contributed by atoms with van der Waals surface area (Å²) in [6.07, 6.45) is 4.59. The quantitative estimate of drug-likeness (QED) is 0.727. The zero-order valence-corrected chi connectivity index (χ0v) is 15.5. The van der Waals surface area contributed by atoms with Crippen LogP contribution < -0.4 is 0 Å². The van der Waals surface area contributed by atoms with E-state index in [0.29, 0.717) is 32.6 Å². The second-order valence-electron chi connectivity index (χ2n) is 6.57. The minimum absolute atomic E-state index is 0.0454. The Morgan fingerprint density at radius 3 is 2.72 bits per heavy atom. The van der Waals surface area contributed by atoms with Crippen molar-refractivity contribution in [1.29, 1.82) is 0 Å². The number of sulfonamides is 1. The van der Waals surface area contributed by atoms with Gasteiger partial charge in [-0.2, -0.15) is 4.31 Å². The molecule has 0 bridgehead atoms. The van der Waals surface area contributed by atoms with Crippen molar-refractivity contribution in [3.8, 4) is 0 Å². The molecule has 140 valence electrons. The van der Waals surface area contributed by atoms with Crippen LogP contribution in [0.25, 0.3) is 0 Å². The predicted octanol–water partition coefficient (Wildman–Crippen LogP) is -0.204. The van der Waals surface area contributed by atoms with E-state index in [2.05, 4.69) is 10.2 Å². The molecular weight excluding hydrogens is 346 g/mol. The van der Waals surface area contributed by atoms with Crippen molar-refractivity contribution in [1.82, 2.24) is 24.0 Å². The number of hydrogen-bond donors (Lipinski definition) is 0. The summed E-state index contributed by atoms with van der Waals surface area (Å²) < 4.78 is 32.1. The van der Waals surface area contributed by atoms with Crippen LogP contribution in [0.5, 0.6) is 0 Å². The van der Waals surface area contributed by atoms with Crippen LogP contribution in [0.3, 0.4) is 0 Å². The Bertz CT molecular complexity index is 732. The zero-order chi connectivity index (χ0) is 18.0. The molecule has 1 aromatic rings. The maximum Gasteiger partial charge on any atom is 0.249 e. The Kier molecular flexibility index (Phi) is 5.40. The number of amides is 1. The number of fused-ring (bicyclic) bond motifs is 1. The standard InChI is InChI=1S/C15H25N5O4S/c1-24-11-14(21)19-7-4-3-5-12(19)15-17-16-13-6-8-18(25(2,22)23)9-10-20(13)15/h12H,3-11H2,1-2H3. The number of carbonyl (C=O) groups is 1. The molecule has 25 heavy (non-hydrogen) atoms. The molecule has 1 aromatic heterocycles. The fourth-order valence-electron chi connectivity index (χ4n) is 3.61. The van der Waals surface area contributed by atoms with Crippen molar-refractivity contribution in [2.75, 3.05) is 39.6 Å². The fraction of sp³-hybridized carbons (Fsp3) is 0.800. The first-order chi connectivity index (χ1) is 11.9. The van der Waals surface area contributed by atoms with Crippen LogP contribution in [0.1, 0.15) is 37.0 Å². The molecule has 10 heteroatoms. The molecule has 1 saturated heterocycles. The Balaban J connectivity index is 1.85. The summed E-state index contributed by atoms with van der Waals surface area (Å²) in [5, 5.41) is 8.62. The average molecular weight is 371 g/mol. The van der Waals surface area contributed by atoms with E-state index in [0.717, 1.165) is 30.9 Å². The number of piperidine rings is 1. The molecular formula is C15H25N5O4S. The lowest BCUT2D eigenvalue weighted by atomic mass is 10.0. The molecule has 0 N–H and O–H groups in total. The maximum atomic E-state index is 12.4. The Hall–Kier alpha value is -1.52. The van der Waals surface area contributed by atoms with Crippen LogP contribution in [0, 0.1) is 0 Å². The van der Waals surface area contributed by atoms with Gasteiger partial charge in [-0.3, -0.25) is 4.79 Å². The van der Waals surface area contributed by atoms with Gasteiger partial charge in [-0.25, -0.2) is 8.42 Å². The third-order valence-corrected chi connectivity index (χ3v) is 6.18. The lowest BCUT2D eigenvalue weighted by Gasteiger charge is -2.35. The Morgan fingerprint density at radius 1 is 1.20 bits per heavy atom. The molecule has 1 fully saturated rings. The van der Waals surface area contributed by atoms with Crippen molar-refractivity contribution < 1.29 is 17.9 Å². The number of carbonyl (C=O) groups excluding carboxylic acids is 1. The molecule has 1 unspecified atom stereocenters. The van der Waals surface area contributed by atoms with Crippen LogP contribution in [0.2, 0.25) is 0 Å². The maximum absolute atomic E-state index is 12.4. The molecule has 0 aliphatic carbocycles. The molecule has 9 nitrogen and oxygen atoms in total. The lowest BCUT2D eigenvalue weighted by Crippen LogP contribution is -2.41. The number of nitrogens with zero attached hydrogens (tertiary/aromatic N) is 5. The first kappa shape index (κ1) is 18.3. The molecule has 3 rings (SSSR count). The number of rotatable bonds is 4. The van der Waals surface area contributed by atoms with Crippen molar-refractivity contribution >= 4 is 15.9 Å². The highest BCUT2D eigenvalue weighted by Crippen LogP contribution is 2.31. The second-order valence-corrected chi connectivity index (χ2v) is 8.55. The van der Waals surface area contributed by atoms with Gasteiger partial charge in [-0.15, -0.1) is 10.2 Å². The van der Waals surface area contributed by atoms with Gasteiger partial charge in [0.25, 0.3) is 0 Å². The van der Waals surface area contributed by atoms with E-state index in [1.54, 1.807) is 0 Å². The molecule has 0 radical (unpaired) electrons. The van der Waals surface area contributed by atoms with Crippen LogP contribution >= 0.6 is 0 Å². The SMILES string of the molecule is COCC(=O)N1CCCCC1c1nnc2n1CCN(S(C)(=O)=O)CC2. The van der Waals surface area contributed by atoms with Gasteiger partial charge in [-0.1, -0.05) is 0 Å². The third-order valence-electron chi connectivity index (χ3n) is 4.87. The van der Waals surface area contributed by atoms with E-state index < -0.39 is 10.0 Å². The Labute approximate surface area is 148 Å². The van der Waals surface area contributed by atoms with Gasteiger partial charge in [-0.05, 0) is 19.3 Å². The summed E-state index contributed by atoms with van der Waals surface area (Å²) in [5.74, 6) is 1.50. The molecule has 2 aliphatic rings.